The lowest BCUT2D eigenvalue weighted by Crippen LogP contribution is -2.70. The molecule has 360 valence electrons. The van der Waals surface area contributed by atoms with E-state index in [9.17, 15) is 5.11 Å². The van der Waals surface area contributed by atoms with Crippen molar-refractivity contribution in [1.29, 1.82) is 0 Å². The fourth-order valence-corrected chi connectivity index (χ4v) is 14.4. The second-order valence-corrected chi connectivity index (χ2v) is 24.4. The largest absolute Gasteiger partial charge is 0.390 e. The van der Waals surface area contributed by atoms with Gasteiger partial charge in [0.15, 0.2) is 0 Å². The molecular formula is C52H80O12. The third-order valence-electron chi connectivity index (χ3n) is 19.0. The van der Waals surface area contributed by atoms with Crippen molar-refractivity contribution >= 4 is 0 Å². The van der Waals surface area contributed by atoms with Gasteiger partial charge in [-0.2, -0.15) is 0 Å². The fourth-order valence-electron chi connectivity index (χ4n) is 14.4. The van der Waals surface area contributed by atoms with Crippen LogP contribution in [-0.2, 0) is 52.1 Å². The van der Waals surface area contributed by atoms with E-state index in [0.717, 1.165) is 51.4 Å². The maximum Gasteiger partial charge on any atom is 0.118 e. The van der Waals surface area contributed by atoms with Crippen LogP contribution in [0.3, 0.4) is 0 Å². The van der Waals surface area contributed by atoms with Crippen molar-refractivity contribution in [3.63, 3.8) is 0 Å². The van der Waals surface area contributed by atoms with Crippen molar-refractivity contribution in [1.82, 2.24) is 0 Å². The monoisotopic (exact) mass is 897 g/mol. The zero-order valence-corrected chi connectivity index (χ0v) is 40.5. The molecule has 6 unspecified atom stereocenters. The summed E-state index contributed by atoms with van der Waals surface area (Å²) in [6.45, 7) is 22.9. The SMILES string of the molecule is CCC(C)(C)C[C@@H]1C[C@H](O)[C@]2(C)OC3CC4OC5C[C@]6(C)O[C@]7(C)CCC8OC9C[C@]%10(C)OC%11C(C)=CCO[C@H]%11C[C@H]%10O[C@H]9C[C@@H](C)[C@H]8O[C@H]7C[C@H]6O[C@@]5(C)C/C=C\[C@H]4O[C@H]3C[C@H]2O1. The molecule has 11 heterocycles. The lowest BCUT2D eigenvalue weighted by molar-refractivity contribution is -0.357. The Morgan fingerprint density at radius 1 is 0.672 bits per heavy atom. The molecule has 0 aromatic rings. The van der Waals surface area contributed by atoms with E-state index in [1.807, 2.05) is 6.92 Å². The van der Waals surface area contributed by atoms with Crippen molar-refractivity contribution in [2.75, 3.05) is 6.61 Å². The highest BCUT2D eigenvalue weighted by Gasteiger charge is 2.64. The number of ether oxygens (including phenoxy) is 11. The second-order valence-electron chi connectivity index (χ2n) is 24.4. The normalized spacial score (nSPS) is 57.5. The molecular weight excluding hydrogens is 817 g/mol. The van der Waals surface area contributed by atoms with E-state index in [1.165, 1.54) is 5.57 Å². The van der Waals surface area contributed by atoms with Gasteiger partial charge in [0, 0.05) is 44.9 Å². The van der Waals surface area contributed by atoms with Gasteiger partial charge in [-0.15, -0.1) is 0 Å². The van der Waals surface area contributed by atoms with Crippen LogP contribution in [0.2, 0.25) is 0 Å². The minimum atomic E-state index is -0.796. The molecule has 0 saturated carbocycles. The van der Waals surface area contributed by atoms with E-state index in [1.54, 1.807) is 0 Å². The van der Waals surface area contributed by atoms with E-state index < -0.39 is 34.1 Å². The molecule has 1 N–H and O–H groups in total. The summed E-state index contributed by atoms with van der Waals surface area (Å²) in [5.74, 6) is 0.239. The van der Waals surface area contributed by atoms with Gasteiger partial charge in [-0.1, -0.05) is 52.3 Å². The van der Waals surface area contributed by atoms with Crippen LogP contribution < -0.4 is 0 Å². The summed E-state index contributed by atoms with van der Waals surface area (Å²) >= 11 is 0. The average molecular weight is 897 g/mol. The zero-order chi connectivity index (χ0) is 44.8. The van der Waals surface area contributed by atoms with Crippen LogP contribution in [0.1, 0.15) is 153 Å². The van der Waals surface area contributed by atoms with Crippen LogP contribution in [0.4, 0.5) is 0 Å². The molecule has 64 heavy (non-hydrogen) atoms. The molecule has 0 aromatic heterocycles. The molecule has 11 aliphatic rings. The van der Waals surface area contributed by atoms with E-state index in [2.05, 4.69) is 80.5 Å². The maximum absolute atomic E-state index is 11.6. The quantitative estimate of drug-likeness (QED) is 0.281. The highest BCUT2D eigenvalue weighted by Crippen LogP contribution is 2.55. The first kappa shape index (κ1) is 45.4. The Morgan fingerprint density at radius 2 is 1.44 bits per heavy atom. The van der Waals surface area contributed by atoms with Gasteiger partial charge >= 0.3 is 0 Å². The van der Waals surface area contributed by atoms with Crippen molar-refractivity contribution in [2.24, 2.45) is 11.3 Å². The first-order chi connectivity index (χ1) is 30.3. The van der Waals surface area contributed by atoms with E-state index >= 15 is 0 Å². The van der Waals surface area contributed by atoms with Crippen molar-refractivity contribution < 1.29 is 57.2 Å². The molecule has 9 saturated heterocycles. The zero-order valence-electron chi connectivity index (χ0n) is 40.5. The highest BCUT2D eigenvalue weighted by atomic mass is 16.6. The minimum absolute atomic E-state index is 0.000207. The van der Waals surface area contributed by atoms with Crippen LogP contribution >= 0.6 is 0 Å². The van der Waals surface area contributed by atoms with Crippen molar-refractivity contribution in [2.45, 2.75) is 284 Å². The van der Waals surface area contributed by atoms with Gasteiger partial charge in [-0.05, 0) is 90.6 Å². The summed E-state index contributed by atoms with van der Waals surface area (Å²) in [6, 6.07) is 0. The summed E-state index contributed by atoms with van der Waals surface area (Å²) in [7, 11) is 0. The summed E-state index contributed by atoms with van der Waals surface area (Å²) in [5.41, 5.74) is -1.51. The third kappa shape index (κ3) is 7.69. The first-order valence-corrected chi connectivity index (χ1v) is 25.6. The molecule has 11 rings (SSSR count). The Hall–Kier alpha value is -1.00. The molecule has 11 aliphatic heterocycles. The van der Waals surface area contributed by atoms with Crippen LogP contribution in [0, 0.1) is 11.3 Å². The summed E-state index contributed by atoms with van der Waals surface area (Å²) in [5, 5.41) is 11.6. The Labute approximate surface area is 382 Å². The van der Waals surface area contributed by atoms with E-state index in [4.69, 9.17) is 52.1 Å². The lowest BCUT2D eigenvalue weighted by Gasteiger charge is -2.61. The van der Waals surface area contributed by atoms with Gasteiger partial charge in [0.05, 0.1) is 121 Å². The van der Waals surface area contributed by atoms with Gasteiger partial charge in [0.1, 0.15) is 17.8 Å². The Morgan fingerprint density at radius 3 is 2.25 bits per heavy atom. The molecule has 0 radical (unpaired) electrons. The minimum Gasteiger partial charge on any atom is -0.390 e. The number of rotatable bonds is 3. The van der Waals surface area contributed by atoms with Gasteiger partial charge in [0.2, 0.25) is 0 Å². The summed E-state index contributed by atoms with van der Waals surface area (Å²) in [4.78, 5) is 0. The highest BCUT2D eigenvalue weighted by molar-refractivity contribution is 5.18. The van der Waals surface area contributed by atoms with E-state index in [-0.39, 0.29) is 109 Å². The van der Waals surface area contributed by atoms with Gasteiger partial charge in [-0.3, -0.25) is 0 Å². The van der Waals surface area contributed by atoms with Crippen LogP contribution in [0.25, 0.3) is 0 Å². The second kappa shape index (κ2) is 16.0. The molecule has 12 nitrogen and oxygen atoms in total. The average Bonchev–Trinajstić information content (AvgIpc) is 3.43. The Balaban J connectivity index is 0.774. The standard InChI is InChI=1S/C52H80O12/c1-11-47(4,5)25-30-20-39(53)52(10)43(55-30)22-35-36(61-52)21-34-31(56-35)13-12-16-48(6)44(59-34)27-51(9)42(62-48)24-41-49(7,64-51)17-14-32-45(60-41)29(3)19-33-38(57-32)26-50(8)40(58-33)23-37-46(63-50)28(2)15-18-54-37/h12-13,15,29-46,53H,11,14,16-27H2,1-10H3/b13-12-/t29-,30+,31-,32?,33+,34?,35+,36?,37+,38?,39+,40-,41+,42-,43-,44?,45-,46?,48+,49-,50+,51+,52+/m1/s1. The van der Waals surface area contributed by atoms with Crippen molar-refractivity contribution in [3.05, 3.63) is 23.8 Å². The van der Waals surface area contributed by atoms with Gasteiger partial charge in [-0.25, -0.2) is 0 Å². The lowest BCUT2D eigenvalue weighted by atomic mass is 9.72. The molecule has 12 heteroatoms. The molecule has 0 aliphatic carbocycles. The molecule has 0 aromatic carbocycles. The van der Waals surface area contributed by atoms with Gasteiger partial charge in [0.25, 0.3) is 0 Å². The predicted octanol–water partition coefficient (Wildman–Crippen LogP) is 7.63. The molecule has 0 spiro atoms. The third-order valence-corrected chi connectivity index (χ3v) is 19.0. The van der Waals surface area contributed by atoms with E-state index in [0.29, 0.717) is 38.7 Å². The van der Waals surface area contributed by atoms with Crippen LogP contribution in [-0.4, -0.2) is 143 Å². The Kier molecular flexibility index (Phi) is 11.4. The predicted molar refractivity (Wildman–Crippen MR) is 237 cm³/mol. The maximum atomic E-state index is 11.6. The number of aliphatic hydroxyl groups excluding tert-OH is 1. The fraction of sp³-hybridized carbons (Fsp3) is 0.923. The number of hydrogen-bond acceptors (Lipinski definition) is 12. The Bertz CT molecular complexity index is 1820. The smallest absolute Gasteiger partial charge is 0.118 e. The number of aliphatic hydroxyl groups is 1. The van der Waals surface area contributed by atoms with Crippen molar-refractivity contribution in [3.8, 4) is 0 Å². The number of hydrogen-bond donors (Lipinski definition) is 1. The summed E-state index contributed by atoms with van der Waals surface area (Å²) < 4.78 is 77.0. The molecule has 23 atom stereocenters. The van der Waals surface area contributed by atoms with Gasteiger partial charge < -0.3 is 57.2 Å². The van der Waals surface area contributed by atoms with Crippen LogP contribution in [0.15, 0.2) is 23.8 Å². The van der Waals surface area contributed by atoms with Crippen LogP contribution in [0.5, 0.6) is 0 Å². The summed E-state index contributed by atoms with van der Waals surface area (Å²) in [6.07, 6.45) is 14.4. The number of fused-ring (bicyclic) bond motifs is 10. The molecule has 0 bridgehead atoms. The first-order valence-electron chi connectivity index (χ1n) is 25.6. The topological polar surface area (TPSA) is 122 Å². The molecule has 9 fully saturated rings. The molecule has 0 amide bonds.